The minimum atomic E-state index is -0.497. The first-order chi connectivity index (χ1) is 10.8. The van der Waals surface area contributed by atoms with Crippen molar-refractivity contribution >= 4 is 17.8 Å². The molecule has 1 aromatic rings. The summed E-state index contributed by atoms with van der Waals surface area (Å²) in [5.74, 6) is -0.150. The van der Waals surface area contributed by atoms with Gasteiger partial charge in [0, 0.05) is 24.1 Å². The summed E-state index contributed by atoms with van der Waals surface area (Å²) in [4.78, 5) is 33.2. The van der Waals surface area contributed by atoms with E-state index in [4.69, 9.17) is 0 Å². The van der Waals surface area contributed by atoms with Gasteiger partial charge < -0.3 is 0 Å². The number of Topliss-reactive ketones (excluding diaryl/α,β-unsaturated/α-hetero) is 1. The number of hydrogen-bond donors (Lipinski definition) is 0. The van der Waals surface area contributed by atoms with Crippen molar-refractivity contribution < 1.29 is 14.5 Å². The zero-order valence-electron chi connectivity index (χ0n) is 13.6. The Morgan fingerprint density at radius 2 is 1.83 bits per heavy atom. The van der Waals surface area contributed by atoms with Crippen molar-refractivity contribution in [3.05, 3.63) is 63.2 Å². The third kappa shape index (κ3) is 5.98. The standard InChI is InChI=1S/C18H21NO4/c1-13(2)4-5-16(14(3)10-11-20)12-18(21)15-6-8-17(9-7-15)19(22)23/h4,6-11,16H,5,12H2,1-3H3/b14-10+/t16-/m1/s1. The number of carbonyl (C=O) groups is 2. The van der Waals surface area contributed by atoms with Gasteiger partial charge in [0.05, 0.1) is 4.92 Å². The molecule has 0 aromatic heterocycles. The molecule has 1 aromatic carbocycles. The van der Waals surface area contributed by atoms with E-state index < -0.39 is 4.92 Å². The van der Waals surface area contributed by atoms with Gasteiger partial charge in [-0.15, -0.1) is 0 Å². The van der Waals surface area contributed by atoms with Crippen LogP contribution in [0, 0.1) is 16.0 Å². The van der Waals surface area contributed by atoms with Crippen molar-refractivity contribution in [1.82, 2.24) is 0 Å². The van der Waals surface area contributed by atoms with Crippen molar-refractivity contribution in [1.29, 1.82) is 0 Å². The van der Waals surface area contributed by atoms with Crippen LogP contribution in [0.25, 0.3) is 0 Å². The Balaban J connectivity index is 2.91. The van der Waals surface area contributed by atoms with E-state index in [2.05, 4.69) is 0 Å². The highest BCUT2D eigenvalue weighted by Crippen LogP contribution is 2.23. The maximum absolute atomic E-state index is 12.4. The Morgan fingerprint density at radius 3 is 2.30 bits per heavy atom. The molecule has 5 nitrogen and oxygen atoms in total. The first-order valence-electron chi connectivity index (χ1n) is 7.38. The molecule has 0 unspecified atom stereocenters. The molecule has 1 atom stereocenters. The molecule has 0 radical (unpaired) electrons. The number of aldehydes is 1. The smallest absolute Gasteiger partial charge is 0.269 e. The Kier molecular flexibility index (Phi) is 7.06. The van der Waals surface area contributed by atoms with Crippen LogP contribution in [0.5, 0.6) is 0 Å². The minimum absolute atomic E-state index is 0.0420. The van der Waals surface area contributed by atoms with Crippen LogP contribution in [0.15, 0.2) is 47.6 Å². The molecule has 0 fully saturated rings. The molecular formula is C18H21NO4. The van der Waals surface area contributed by atoms with E-state index in [9.17, 15) is 19.7 Å². The number of ketones is 1. The molecule has 23 heavy (non-hydrogen) atoms. The lowest BCUT2D eigenvalue weighted by Gasteiger charge is -2.15. The van der Waals surface area contributed by atoms with Crippen LogP contribution in [0.3, 0.4) is 0 Å². The average molecular weight is 315 g/mol. The Hall–Kier alpha value is -2.56. The zero-order valence-corrected chi connectivity index (χ0v) is 13.6. The first-order valence-corrected chi connectivity index (χ1v) is 7.38. The number of allylic oxidation sites excluding steroid dienone is 4. The molecule has 122 valence electrons. The van der Waals surface area contributed by atoms with Gasteiger partial charge >= 0.3 is 0 Å². The third-order valence-electron chi connectivity index (χ3n) is 3.62. The maximum Gasteiger partial charge on any atom is 0.269 e. The highest BCUT2D eigenvalue weighted by molar-refractivity contribution is 5.96. The summed E-state index contributed by atoms with van der Waals surface area (Å²) in [5, 5.41) is 10.6. The van der Waals surface area contributed by atoms with Crippen LogP contribution in [0.1, 0.15) is 44.0 Å². The molecule has 0 aliphatic rings. The van der Waals surface area contributed by atoms with E-state index in [1.807, 2.05) is 26.8 Å². The second kappa shape index (κ2) is 8.78. The lowest BCUT2D eigenvalue weighted by Crippen LogP contribution is -2.10. The molecule has 0 bridgehead atoms. The number of rotatable bonds is 8. The lowest BCUT2D eigenvalue weighted by atomic mass is 9.88. The maximum atomic E-state index is 12.4. The van der Waals surface area contributed by atoms with E-state index in [1.54, 1.807) is 0 Å². The number of nitrogens with zero attached hydrogens (tertiary/aromatic N) is 1. The van der Waals surface area contributed by atoms with Crippen LogP contribution in [-0.4, -0.2) is 17.0 Å². The fraction of sp³-hybridized carbons (Fsp3) is 0.333. The van der Waals surface area contributed by atoms with Gasteiger partial charge in [0.2, 0.25) is 0 Å². The van der Waals surface area contributed by atoms with Gasteiger partial charge in [0.25, 0.3) is 5.69 Å². The fourth-order valence-corrected chi connectivity index (χ4v) is 2.16. The Morgan fingerprint density at radius 1 is 1.22 bits per heavy atom. The zero-order chi connectivity index (χ0) is 17.4. The van der Waals surface area contributed by atoms with Crippen LogP contribution in [0.4, 0.5) is 5.69 Å². The lowest BCUT2D eigenvalue weighted by molar-refractivity contribution is -0.384. The molecule has 0 heterocycles. The van der Waals surface area contributed by atoms with Gasteiger partial charge in [-0.1, -0.05) is 17.2 Å². The molecule has 0 aliphatic heterocycles. The molecule has 5 heteroatoms. The summed E-state index contributed by atoms with van der Waals surface area (Å²) in [5.41, 5.74) is 2.40. The molecule has 0 spiro atoms. The quantitative estimate of drug-likeness (QED) is 0.179. The van der Waals surface area contributed by atoms with Crippen LogP contribution in [-0.2, 0) is 4.79 Å². The van der Waals surface area contributed by atoms with Gasteiger partial charge in [-0.05, 0) is 51.3 Å². The normalized spacial score (nSPS) is 12.4. The van der Waals surface area contributed by atoms with E-state index in [-0.39, 0.29) is 23.8 Å². The van der Waals surface area contributed by atoms with Crippen LogP contribution < -0.4 is 0 Å². The fourth-order valence-electron chi connectivity index (χ4n) is 2.16. The van der Waals surface area contributed by atoms with Crippen molar-refractivity contribution in [2.24, 2.45) is 5.92 Å². The number of hydrogen-bond acceptors (Lipinski definition) is 4. The first kappa shape index (κ1) is 18.5. The van der Waals surface area contributed by atoms with E-state index in [1.165, 1.54) is 30.3 Å². The number of benzene rings is 1. The number of nitro benzene ring substituents is 1. The molecular weight excluding hydrogens is 294 g/mol. The number of nitro groups is 1. The topological polar surface area (TPSA) is 77.3 Å². The van der Waals surface area contributed by atoms with Crippen molar-refractivity contribution in [3.8, 4) is 0 Å². The predicted molar refractivity (Wildman–Crippen MR) is 89.4 cm³/mol. The SMILES string of the molecule is CC(C)=CC[C@H](CC(=O)c1ccc([N+](=O)[O-])cc1)/C(C)=C/C=O. The van der Waals surface area contributed by atoms with Crippen LogP contribution in [0.2, 0.25) is 0 Å². The van der Waals surface area contributed by atoms with Crippen LogP contribution >= 0.6 is 0 Å². The summed E-state index contributed by atoms with van der Waals surface area (Å²) in [7, 11) is 0. The highest BCUT2D eigenvalue weighted by atomic mass is 16.6. The minimum Gasteiger partial charge on any atom is -0.299 e. The van der Waals surface area contributed by atoms with Gasteiger partial charge in [-0.2, -0.15) is 0 Å². The van der Waals surface area contributed by atoms with E-state index >= 15 is 0 Å². The molecule has 1 rings (SSSR count). The van der Waals surface area contributed by atoms with E-state index in [0.29, 0.717) is 12.0 Å². The van der Waals surface area contributed by atoms with Crippen molar-refractivity contribution in [3.63, 3.8) is 0 Å². The summed E-state index contributed by atoms with van der Waals surface area (Å²) in [6, 6.07) is 5.59. The molecule has 0 saturated carbocycles. The summed E-state index contributed by atoms with van der Waals surface area (Å²) in [6.45, 7) is 5.79. The molecule has 0 saturated heterocycles. The van der Waals surface area contributed by atoms with E-state index in [0.717, 1.165) is 17.4 Å². The number of carbonyl (C=O) groups excluding carboxylic acids is 2. The second-order valence-electron chi connectivity index (χ2n) is 5.69. The van der Waals surface area contributed by atoms with Crippen molar-refractivity contribution in [2.75, 3.05) is 0 Å². The van der Waals surface area contributed by atoms with Gasteiger partial charge in [0.15, 0.2) is 5.78 Å². The van der Waals surface area contributed by atoms with Gasteiger partial charge in [0.1, 0.15) is 6.29 Å². The molecule has 0 aliphatic carbocycles. The monoisotopic (exact) mass is 315 g/mol. The highest BCUT2D eigenvalue weighted by Gasteiger charge is 2.17. The Bertz CT molecular complexity index is 637. The largest absolute Gasteiger partial charge is 0.299 e. The average Bonchev–Trinajstić information content (AvgIpc) is 2.51. The summed E-state index contributed by atoms with van der Waals surface area (Å²) >= 11 is 0. The predicted octanol–water partition coefficient (Wildman–Crippen LogP) is 4.29. The summed E-state index contributed by atoms with van der Waals surface area (Å²) in [6.07, 6.45) is 5.18. The van der Waals surface area contributed by atoms with Crippen molar-refractivity contribution in [2.45, 2.75) is 33.6 Å². The van der Waals surface area contributed by atoms with Gasteiger partial charge in [-0.25, -0.2) is 0 Å². The third-order valence-corrected chi connectivity index (χ3v) is 3.62. The number of non-ortho nitro benzene ring substituents is 1. The molecule has 0 amide bonds. The van der Waals surface area contributed by atoms with Gasteiger partial charge in [-0.3, -0.25) is 19.7 Å². The molecule has 0 N–H and O–H groups in total. The summed E-state index contributed by atoms with van der Waals surface area (Å²) < 4.78 is 0. The second-order valence-corrected chi connectivity index (χ2v) is 5.69. The Labute approximate surface area is 135 Å².